The molecule has 1 aromatic carbocycles. The SMILES string of the molecule is C[C@H](N(C)C(=O)c1cn(C)c2ccccc12)C(C)(C)C. The summed E-state index contributed by atoms with van der Waals surface area (Å²) >= 11 is 0. The third-order valence-electron chi connectivity index (χ3n) is 4.28. The van der Waals surface area contributed by atoms with Crippen LogP contribution in [0.2, 0.25) is 0 Å². The molecule has 1 aromatic heterocycles. The summed E-state index contributed by atoms with van der Waals surface area (Å²) in [7, 11) is 3.87. The predicted molar refractivity (Wildman–Crippen MR) is 83.9 cm³/mol. The van der Waals surface area contributed by atoms with Gasteiger partial charge in [0.1, 0.15) is 0 Å². The number of benzene rings is 1. The molecule has 108 valence electrons. The summed E-state index contributed by atoms with van der Waals surface area (Å²) in [5.41, 5.74) is 1.93. The van der Waals surface area contributed by atoms with Gasteiger partial charge in [-0.05, 0) is 18.4 Å². The zero-order chi connectivity index (χ0) is 15.1. The highest BCUT2D eigenvalue weighted by molar-refractivity contribution is 6.07. The van der Waals surface area contributed by atoms with E-state index in [1.165, 1.54) is 0 Å². The van der Waals surface area contributed by atoms with Crippen LogP contribution >= 0.6 is 0 Å². The summed E-state index contributed by atoms with van der Waals surface area (Å²) < 4.78 is 2.01. The van der Waals surface area contributed by atoms with E-state index < -0.39 is 0 Å². The first-order chi connectivity index (χ1) is 9.23. The van der Waals surface area contributed by atoms with E-state index in [2.05, 4.69) is 27.7 Å². The molecule has 3 heteroatoms. The molecule has 0 saturated heterocycles. The van der Waals surface area contributed by atoms with E-state index >= 15 is 0 Å². The lowest BCUT2D eigenvalue weighted by molar-refractivity contribution is 0.0631. The number of hydrogen-bond donors (Lipinski definition) is 0. The molecule has 0 fully saturated rings. The molecule has 0 N–H and O–H groups in total. The van der Waals surface area contributed by atoms with Crippen molar-refractivity contribution in [1.29, 1.82) is 0 Å². The third kappa shape index (κ3) is 2.45. The van der Waals surface area contributed by atoms with E-state index in [1.807, 2.05) is 54.0 Å². The monoisotopic (exact) mass is 272 g/mol. The standard InChI is InChI=1S/C17H24N2O/c1-12(17(2,3)4)19(6)16(20)14-11-18(5)15-10-8-7-9-13(14)15/h7-12H,1-6H3/t12-/m0/s1. The van der Waals surface area contributed by atoms with Crippen molar-refractivity contribution in [2.24, 2.45) is 12.5 Å². The molecule has 0 bridgehead atoms. The lowest BCUT2D eigenvalue weighted by Gasteiger charge is -2.35. The highest BCUT2D eigenvalue weighted by Gasteiger charge is 2.28. The molecule has 1 atom stereocenters. The Morgan fingerprint density at radius 1 is 1.25 bits per heavy atom. The Morgan fingerprint density at radius 3 is 2.45 bits per heavy atom. The predicted octanol–water partition coefficient (Wildman–Crippen LogP) is 3.68. The van der Waals surface area contributed by atoms with Gasteiger partial charge >= 0.3 is 0 Å². The van der Waals surface area contributed by atoms with E-state index in [-0.39, 0.29) is 17.4 Å². The Balaban J connectivity index is 2.42. The number of hydrogen-bond acceptors (Lipinski definition) is 1. The fourth-order valence-electron chi connectivity index (χ4n) is 2.46. The van der Waals surface area contributed by atoms with Crippen molar-refractivity contribution in [3.8, 4) is 0 Å². The summed E-state index contributed by atoms with van der Waals surface area (Å²) in [5.74, 6) is 0.0872. The van der Waals surface area contributed by atoms with Crippen molar-refractivity contribution >= 4 is 16.8 Å². The van der Waals surface area contributed by atoms with Crippen molar-refractivity contribution in [3.63, 3.8) is 0 Å². The molecule has 1 heterocycles. The van der Waals surface area contributed by atoms with E-state index in [4.69, 9.17) is 0 Å². The van der Waals surface area contributed by atoms with Gasteiger partial charge in [0.05, 0.1) is 5.56 Å². The Kier molecular flexibility index (Phi) is 3.63. The number of aryl methyl sites for hydroxylation is 1. The molecular weight excluding hydrogens is 248 g/mol. The van der Waals surface area contributed by atoms with Crippen LogP contribution < -0.4 is 0 Å². The van der Waals surface area contributed by atoms with E-state index in [9.17, 15) is 4.79 Å². The molecule has 0 radical (unpaired) electrons. The minimum atomic E-state index is 0.0645. The molecule has 1 amide bonds. The molecule has 0 aliphatic carbocycles. The van der Waals surface area contributed by atoms with Crippen LogP contribution in [0.3, 0.4) is 0 Å². The van der Waals surface area contributed by atoms with Crippen LogP contribution in [0.5, 0.6) is 0 Å². The normalized spacial score (nSPS) is 13.5. The summed E-state index contributed by atoms with van der Waals surface area (Å²) in [4.78, 5) is 14.6. The van der Waals surface area contributed by atoms with E-state index in [0.717, 1.165) is 16.5 Å². The van der Waals surface area contributed by atoms with Gasteiger partial charge in [-0.15, -0.1) is 0 Å². The van der Waals surface area contributed by atoms with Gasteiger partial charge in [-0.3, -0.25) is 4.79 Å². The van der Waals surface area contributed by atoms with Crippen LogP contribution in [0, 0.1) is 5.41 Å². The van der Waals surface area contributed by atoms with Crippen molar-refractivity contribution in [1.82, 2.24) is 9.47 Å². The minimum absolute atomic E-state index is 0.0645. The Labute approximate surface area is 121 Å². The number of para-hydroxylation sites is 1. The van der Waals surface area contributed by atoms with Gasteiger partial charge in [0, 0.05) is 37.2 Å². The maximum absolute atomic E-state index is 12.8. The molecule has 0 aliphatic heterocycles. The summed E-state index contributed by atoms with van der Waals surface area (Å²) in [6, 6.07) is 8.20. The second-order valence-electron chi connectivity index (χ2n) is 6.63. The fraction of sp³-hybridized carbons (Fsp3) is 0.471. The maximum Gasteiger partial charge on any atom is 0.256 e. The Bertz CT molecular complexity index is 634. The Morgan fingerprint density at radius 2 is 1.85 bits per heavy atom. The van der Waals surface area contributed by atoms with Crippen molar-refractivity contribution in [2.75, 3.05) is 7.05 Å². The van der Waals surface area contributed by atoms with Crippen LogP contribution in [0.25, 0.3) is 10.9 Å². The van der Waals surface area contributed by atoms with Gasteiger partial charge in [-0.2, -0.15) is 0 Å². The number of fused-ring (bicyclic) bond motifs is 1. The van der Waals surface area contributed by atoms with Crippen molar-refractivity contribution in [2.45, 2.75) is 33.7 Å². The summed E-state index contributed by atoms with van der Waals surface area (Å²) in [5, 5.41) is 1.02. The number of carbonyl (C=O) groups excluding carboxylic acids is 1. The van der Waals surface area contributed by atoms with Gasteiger partial charge in [0.15, 0.2) is 0 Å². The number of rotatable bonds is 2. The highest BCUT2D eigenvalue weighted by Crippen LogP contribution is 2.27. The van der Waals surface area contributed by atoms with E-state index in [1.54, 1.807) is 0 Å². The molecule has 20 heavy (non-hydrogen) atoms. The second-order valence-corrected chi connectivity index (χ2v) is 6.63. The van der Waals surface area contributed by atoms with Gasteiger partial charge < -0.3 is 9.47 Å². The molecule has 0 aliphatic rings. The molecule has 0 unspecified atom stereocenters. The van der Waals surface area contributed by atoms with Crippen LogP contribution in [-0.4, -0.2) is 28.5 Å². The quantitative estimate of drug-likeness (QED) is 0.818. The first-order valence-corrected chi connectivity index (χ1v) is 7.04. The lowest BCUT2D eigenvalue weighted by Crippen LogP contribution is -2.42. The number of carbonyl (C=O) groups is 1. The van der Waals surface area contributed by atoms with Crippen LogP contribution in [-0.2, 0) is 7.05 Å². The summed E-state index contributed by atoms with van der Waals surface area (Å²) in [6.45, 7) is 8.57. The smallest absolute Gasteiger partial charge is 0.256 e. The molecular formula is C17H24N2O. The zero-order valence-electron chi connectivity index (χ0n) is 13.3. The van der Waals surface area contributed by atoms with Crippen LogP contribution in [0.15, 0.2) is 30.5 Å². The maximum atomic E-state index is 12.8. The highest BCUT2D eigenvalue weighted by atomic mass is 16.2. The average molecular weight is 272 g/mol. The van der Waals surface area contributed by atoms with Gasteiger partial charge in [-0.25, -0.2) is 0 Å². The largest absolute Gasteiger partial charge is 0.350 e. The van der Waals surface area contributed by atoms with Gasteiger partial charge in [-0.1, -0.05) is 39.0 Å². The summed E-state index contributed by atoms with van der Waals surface area (Å²) in [6.07, 6.45) is 1.93. The molecule has 0 saturated carbocycles. The van der Waals surface area contributed by atoms with Crippen LogP contribution in [0.1, 0.15) is 38.1 Å². The van der Waals surface area contributed by atoms with Crippen molar-refractivity contribution < 1.29 is 4.79 Å². The molecule has 3 nitrogen and oxygen atoms in total. The average Bonchev–Trinajstić information content (AvgIpc) is 2.73. The number of nitrogens with zero attached hydrogens (tertiary/aromatic N) is 2. The molecule has 2 rings (SSSR count). The fourth-order valence-corrected chi connectivity index (χ4v) is 2.46. The third-order valence-corrected chi connectivity index (χ3v) is 4.28. The van der Waals surface area contributed by atoms with E-state index in [0.29, 0.717) is 0 Å². The lowest BCUT2D eigenvalue weighted by atomic mass is 9.87. The number of amides is 1. The topological polar surface area (TPSA) is 25.2 Å². The van der Waals surface area contributed by atoms with Gasteiger partial charge in [0.2, 0.25) is 0 Å². The molecule has 0 spiro atoms. The minimum Gasteiger partial charge on any atom is -0.350 e. The molecule has 2 aromatic rings. The van der Waals surface area contributed by atoms with Crippen LogP contribution in [0.4, 0.5) is 0 Å². The first kappa shape index (κ1) is 14.6. The number of aromatic nitrogens is 1. The van der Waals surface area contributed by atoms with Gasteiger partial charge in [0.25, 0.3) is 5.91 Å². The van der Waals surface area contributed by atoms with Crippen molar-refractivity contribution in [3.05, 3.63) is 36.0 Å². The zero-order valence-corrected chi connectivity index (χ0v) is 13.3. The Hall–Kier alpha value is -1.77. The first-order valence-electron chi connectivity index (χ1n) is 7.04. The second kappa shape index (κ2) is 4.97.